The summed E-state index contributed by atoms with van der Waals surface area (Å²) in [4.78, 5) is 0. The molecule has 39 heavy (non-hydrogen) atoms. The molecule has 2 nitrogen and oxygen atoms in total. The number of hydrogen-bond donors (Lipinski definition) is 0. The molecule has 0 aliphatic carbocycles. The first-order chi connectivity index (χ1) is 17.7. The van der Waals surface area contributed by atoms with Crippen molar-refractivity contribution in [3.05, 3.63) is 103 Å². The van der Waals surface area contributed by atoms with Crippen molar-refractivity contribution in [1.29, 1.82) is 0 Å². The molecule has 0 saturated carbocycles. The van der Waals surface area contributed by atoms with E-state index in [4.69, 9.17) is 0 Å². The Labute approximate surface area is 255 Å². The summed E-state index contributed by atoms with van der Waals surface area (Å²) >= 11 is 0. The van der Waals surface area contributed by atoms with E-state index in [1.54, 1.807) is 0 Å². The quantitative estimate of drug-likeness (QED) is 0.0727. The Hall–Kier alpha value is -1.82. The van der Waals surface area contributed by atoms with E-state index in [1.807, 2.05) is 0 Å². The van der Waals surface area contributed by atoms with Crippen molar-refractivity contribution in [1.82, 2.24) is 0 Å². The van der Waals surface area contributed by atoms with Gasteiger partial charge < -0.3 is 20.4 Å². The molecule has 1 heterocycles. The minimum Gasteiger partial charge on any atom is -0.493 e. The third-order valence-electron chi connectivity index (χ3n) is 7.42. The van der Waals surface area contributed by atoms with Gasteiger partial charge in [0.1, 0.15) is 0 Å². The van der Waals surface area contributed by atoms with Gasteiger partial charge in [-0.05, 0) is 73.9 Å². The maximum absolute atomic E-state index is 11.5. The van der Waals surface area contributed by atoms with E-state index >= 15 is 0 Å². The molecule has 1 aliphatic heterocycles. The zero-order valence-corrected chi connectivity index (χ0v) is 27.1. The molecule has 0 spiro atoms. The van der Waals surface area contributed by atoms with E-state index in [0.717, 1.165) is 54.6 Å². The third kappa shape index (κ3) is 11.7. The molecule has 2 aromatic carbocycles. The topological polar surface area (TPSA) is 25.3 Å². The summed E-state index contributed by atoms with van der Waals surface area (Å²) in [6.07, 6.45) is 20.7. The van der Waals surface area contributed by atoms with Crippen LogP contribution in [0.15, 0.2) is 60.2 Å². The summed E-state index contributed by atoms with van der Waals surface area (Å²) in [7, 11) is 0. The van der Waals surface area contributed by atoms with Gasteiger partial charge in [0.2, 0.25) is 11.4 Å². The van der Waals surface area contributed by atoms with Crippen molar-refractivity contribution in [3.8, 4) is 0 Å². The van der Waals surface area contributed by atoms with Gasteiger partial charge in [0.25, 0.3) is 0 Å². The van der Waals surface area contributed by atoms with Crippen LogP contribution in [0.5, 0.6) is 0 Å². The van der Waals surface area contributed by atoms with Crippen molar-refractivity contribution in [2.45, 2.75) is 117 Å². The number of rotatable bonds is 17. The molecule has 0 saturated heterocycles. The van der Waals surface area contributed by atoms with Gasteiger partial charge in [-0.3, -0.25) is 0 Å². The summed E-state index contributed by atoms with van der Waals surface area (Å²) in [5, 5.41) is 0. The van der Waals surface area contributed by atoms with E-state index in [2.05, 4.69) is 75.4 Å². The van der Waals surface area contributed by atoms with Crippen molar-refractivity contribution < 1.29 is 25.1 Å². The molecule has 0 fully saturated rings. The van der Waals surface area contributed by atoms with Crippen LogP contribution >= 0.6 is 0 Å². The van der Waals surface area contributed by atoms with E-state index in [9.17, 15) is 5.53 Å². The van der Waals surface area contributed by atoms with E-state index in [1.165, 1.54) is 85.6 Å². The van der Waals surface area contributed by atoms with Gasteiger partial charge in [-0.15, -0.1) is 0 Å². The molecule has 218 valence electrons. The van der Waals surface area contributed by atoms with E-state index in [0.29, 0.717) is 0 Å². The molecule has 1 aliphatic rings. The molecule has 3 rings (SSSR count). The number of allylic oxidation sites excluding steroid dienone is 2. The summed E-state index contributed by atoms with van der Waals surface area (Å²) in [6.45, 7) is 6.77. The van der Waals surface area contributed by atoms with Crippen molar-refractivity contribution in [2.24, 2.45) is 0 Å². The van der Waals surface area contributed by atoms with Crippen LogP contribution in [0.1, 0.15) is 126 Å². The molecule has 3 heteroatoms. The zero-order chi connectivity index (χ0) is 25.6. The monoisotopic (exact) mass is 620 g/mol. The average Bonchev–Trinajstić information content (AvgIpc) is 3.23. The van der Waals surface area contributed by atoms with Crippen LogP contribution in [0, 0.1) is 14.9 Å². The van der Waals surface area contributed by atoms with Crippen LogP contribution in [-0.2, 0) is 33.3 Å². The number of unbranched alkanes of at least 4 members (excludes halogenated alkanes) is 9. The van der Waals surface area contributed by atoms with E-state index in [-0.39, 0.29) is 35.3 Å². The summed E-state index contributed by atoms with van der Waals surface area (Å²) in [5.41, 5.74) is 19.6. The Morgan fingerprint density at radius 3 is 1.67 bits per heavy atom. The van der Waals surface area contributed by atoms with Gasteiger partial charge in [0.05, 0.1) is 0 Å². The number of hydrogen-bond acceptors (Lipinski definition) is 0. The summed E-state index contributed by atoms with van der Waals surface area (Å²) in [6, 6.07) is 17.7. The SMILES string of the molecule is CCCCCCCCc1cccc(C2=C(CCCC)C=C(c3cccc(CCCCCC)c3)[N+]2=[N-])c1.[CH3-].[CH3-].[Pd+2]. The Morgan fingerprint density at radius 2 is 1.08 bits per heavy atom. The van der Waals surface area contributed by atoms with Crippen molar-refractivity contribution in [3.63, 3.8) is 0 Å². The van der Waals surface area contributed by atoms with E-state index < -0.39 is 0 Å². The fourth-order valence-electron chi connectivity index (χ4n) is 5.25. The van der Waals surface area contributed by atoms with Gasteiger partial charge in [-0.1, -0.05) is 103 Å². The predicted octanol–water partition coefficient (Wildman–Crippen LogP) is 11.6. The largest absolute Gasteiger partial charge is 2.00 e. The molecule has 0 radical (unpaired) electrons. The molecule has 2 aromatic rings. The van der Waals surface area contributed by atoms with Crippen LogP contribution in [0.2, 0.25) is 0 Å². The molecule has 0 bridgehead atoms. The predicted molar refractivity (Wildman–Crippen MR) is 169 cm³/mol. The zero-order valence-electron chi connectivity index (χ0n) is 25.5. The molecule has 0 aromatic heterocycles. The fraction of sp³-hybridized carbons (Fsp3) is 0.500. The fourth-order valence-corrected chi connectivity index (χ4v) is 5.25. The standard InChI is InChI=1S/C34H48N2.2CH3.Pd/c1-4-7-10-12-13-15-19-29-21-17-24-31(26-29)34-32(22-9-6-3)27-33(36(34)35)30-23-16-20-28(25-30)18-14-11-8-5-2;;;/h16-17,20-21,23-27H,4-15,18-19,22H2,1-3H3;2*1H3;/q;2*-1;+2. The first-order valence-electron chi connectivity index (χ1n) is 14.8. The first-order valence-corrected chi connectivity index (χ1v) is 14.8. The Balaban J connectivity index is 0.00000481. The normalized spacial score (nSPS) is 12.5. The van der Waals surface area contributed by atoms with Crippen LogP contribution in [0.3, 0.4) is 0 Å². The molecular weight excluding hydrogens is 567 g/mol. The minimum atomic E-state index is 0. The molecule has 0 N–H and O–H groups in total. The van der Waals surface area contributed by atoms with Crippen LogP contribution in [0.25, 0.3) is 16.9 Å². The second-order valence-corrected chi connectivity index (χ2v) is 10.5. The molecule has 0 atom stereocenters. The van der Waals surface area contributed by atoms with Gasteiger partial charge in [-0.2, -0.15) is 0 Å². The molecule has 0 amide bonds. The smallest absolute Gasteiger partial charge is 0.493 e. The number of nitrogens with zero attached hydrogens (tertiary/aromatic N) is 2. The maximum atomic E-state index is 11.5. The van der Waals surface area contributed by atoms with Crippen molar-refractivity contribution in [2.75, 3.05) is 0 Å². The Morgan fingerprint density at radius 1 is 0.590 bits per heavy atom. The van der Waals surface area contributed by atoms with Gasteiger partial charge >= 0.3 is 20.4 Å². The number of aryl methyl sites for hydroxylation is 2. The van der Waals surface area contributed by atoms with Gasteiger partial charge in [-0.25, -0.2) is 4.70 Å². The summed E-state index contributed by atoms with van der Waals surface area (Å²) in [5.74, 6) is 0. The number of benzene rings is 2. The minimum absolute atomic E-state index is 0. The maximum Gasteiger partial charge on any atom is 2.00 e. The second kappa shape index (κ2) is 21.0. The third-order valence-corrected chi connectivity index (χ3v) is 7.42. The first kappa shape index (κ1) is 37.2. The van der Waals surface area contributed by atoms with Crippen LogP contribution < -0.4 is 0 Å². The van der Waals surface area contributed by atoms with Gasteiger partial charge in [0.15, 0.2) is 0 Å². The van der Waals surface area contributed by atoms with Crippen LogP contribution in [-0.4, -0.2) is 4.70 Å². The molecule has 0 unspecified atom stereocenters. The molecular formula is C36H54N2Pd. The van der Waals surface area contributed by atoms with Crippen LogP contribution in [0.4, 0.5) is 0 Å². The second-order valence-electron chi connectivity index (χ2n) is 10.5. The van der Waals surface area contributed by atoms with Crippen molar-refractivity contribution >= 4 is 11.4 Å². The average molecular weight is 621 g/mol. The summed E-state index contributed by atoms with van der Waals surface area (Å²) < 4.78 is 1.46. The Bertz CT molecular complexity index is 1030. The Kier molecular flexibility index (Phi) is 20.0. The van der Waals surface area contributed by atoms with Gasteiger partial charge in [0, 0.05) is 22.8 Å².